The molecule has 0 amide bonds. The molecule has 0 heterocycles. The van der Waals surface area contributed by atoms with Gasteiger partial charge in [-0.1, -0.05) is 6.92 Å². The molecule has 2 atom stereocenters. The molecule has 7 heteroatoms. The second kappa shape index (κ2) is 6.08. The summed E-state index contributed by atoms with van der Waals surface area (Å²) >= 11 is 0. The number of rotatable bonds is 7. The summed E-state index contributed by atoms with van der Waals surface area (Å²) in [5.41, 5.74) is -0.0959. The highest BCUT2D eigenvalue weighted by Gasteiger charge is 2.48. The van der Waals surface area contributed by atoms with E-state index in [-0.39, 0.29) is 5.73 Å². The van der Waals surface area contributed by atoms with E-state index in [1.165, 1.54) is 0 Å². The maximum absolute atomic E-state index is 10.5. The molecule has 0 fully saturated rings. The smallest absolute Gasteiger partial charge is 0.329 e. The van der Waals surface area contributed by atoms with Gasteiger partial charge >= 0.3 is 8.56 Å². The molecule has 0 aliphatic rings. The first-order valence-electron chi connectivity index (χ1n) is 6.97. The summed E-state index contributed by atoms with van der Waals surface area (Å²) in [6.45, 7) is 17.6. The van der Waals surface area contributed by atoms with Gasteiger partial charge in [0.25, 0.3) is 0 Å². The average Bonchev–Trinajstić information content (AvgIpc) is 2.12. The molecule has 0 aliphatic heterocycles. The zero-order chi connectivity index (χ0) is 15.7. The molecule has 0 spiro atoms. The van der Waals surface area contributed by atoms with Crippen molar-refractivity contribution in [2.45, 2.75) is 77.4 Å². The van der Waals surface area contributed by atoms with Crippen LogP contribution in [0.5, 0.6) is 0 Å². The van der Waals surface area contributed by atoms with Gasteiger partial charge in [0.1, 0.15) is 0 Å². The van der Waals surface area contributed by atoms with Crippen molar-refractivity contribution in [3.05, 3.63) is 0 Å². The molecular formula is C12H32O4Si3. The minimum absolute atomic E-state index is 0.0959. The van der Waals surface area contributed by atoms with Crippen LogP contribution in [0.2, 0.25) is 39.3 Å². The maximum atomic E-state index is 10.5. The van der Waals surface area contributed by atoms with Gasteiger partial charge in [0.15, 0.2) is 0 Å². The van der Waals surface area contributed by atoms with E-state index in [1.54, 1.807) is 13.1 Å². The Morgan fingerprint density at radius 2 is 1.47 bits per heavy atom. The van der Waals surface area contributed by atoms with E-state index in [9.17, 15) is 9.59 Å². The van der Waals surface area contributed by atoms with Crippen molar-refractivity contribution in [2.24, 2.45) is 0 Å². The zero-order valence-electron chi connectivity index (χ0n) is 14.0. The van der Waals surface area contributed by atoms with Crippen molar-refractivity contribution in [3.8, 4) is 0 Å². The molecule has 0 bridgehead atoms. The first-order chi connectivity index (χ1) is 8.15. The summed E-state index contributed by atoms with van der Waals surface area (Å²) in [4.78, 5) is 20.4. The molecule has 19 heavy (non-hydrogen) atoms. The molecule has 2 unspecified atom stereocenters. The lowest BCUT2D eigenvalue weighted by Crippen LogP contribution is -2.62. The van der Waals surface area contributed by atoms with Crippen LogP contribution in [-0.4, -0.2) is 45.7 Å². The highest BCUT2D eigenvalue weighted by atomic mass is 28.4. The van der Waals surface area contributed by atoms with Gasteiger partial charge in [0, 0.05) is 0 Å². The summed E-state index contributed by atoms with van der Waals surface area (Å²) in [6, 6.07) is 0. The minimum Gasteiger partial charge on any atom is -0.429 e. The third-order valence-electron chi connectivity index (χ3n) is 3.90. The van der Waals surface area contributed by atoms with Gasteiger partial charge in [-0.3, -0.25) is 0 Å². The monoisotopic (exact) mass is 324 g/mol. The zero-order valence-corrected chi connectivity index (χ0v) is 17.0. The third kappa shape index (κ3) is 5.78. The fourth-order valence-electron chi connectivity index (χ4n) is 1.87. The molecule has 0 saturated carbocycles. The van der Waals surface area contributed by atoms with Gasteiger partial charge in [-0.2, -0.15) is 0 Å². The SMILES string of the molecule is CCC(C)(O[Si](C)(C)C(C)O[Si](C)(C)O)[Si](C)(C)O. The quantitative estimate of drug-likeness (QED) is 0.707. The lowest BCUT2D eigenvalue weighted by Gasteiger charge is -2.45. The van der Waals surface area contributed by atoms with Crippen molar-refractivity contribution >= 4 is 25.2 Å². The number of hydrogen-bond acceptors (Lipinski definition) is 4. The van der Waals surface area contributed by atoms with Crippen LogP contribution >= 0.6 is 0 Å². The Kier molecular flexibility index (Phi) is 6.24. The van der Waals surface area contributed by atoms with E-state index in [2.05, 4.69) is 13.1 Å². The van der Waals surface area contributed by atoms with Crippen LogP contribution in [0.25, 0.3) is 0 Å². The summed E-state index contributed by atoms with van der Waals surface area (Å²) in [7, 11) is -7.13. The topological polar surface area (TPSA) is 58.9 Å². The van der Waals surface area contributed by atoms with Crippen LogP contribution in [0.4, 0.5) is 0 Å². The van der Waals surface area contributed by atoms with E-state index in [0.717, 1.165) is 6.42 Å². The van der Waals surface area contributed by atoms with Crippen LogP contribution in [0.1, 0.15) is 27.2 Å². The Bertz CT molecular complexity index is 296. The highest BCUT2D eigenvalue weighted by molar-refractivity contribution is 6.77. The van der Waals surface area contributed by atoms with Crippen molar-refractivity contribution in [3.63, 3.8) is 0 Å². The summed E-state index contributed by atoms with van der Waals surface area (Å²) in [6.07, 6.45) is 0.784. The fraction of sp³-hybridized carbons (Fsp3) is 1.00. The van der Waals surface area contributed by atoms with Crippen LogP contribution in [0, 0.1) is 0 Å². The van der Waals surface area contributed by atoms with Crippen LogP contribution in [0.3, 0.4) is 0 Å². The lowest BCUT2D eigenvalue weighted by atomic mass is 10.3. The van der Waals surface area contributed by atoms with Gasteiger partial charge in [0.05, 0.1) is 11.0 Å². The molecule has 116 valence electrons. The Balaban J connectivity index is 5.03. The van der Waals surface area contributed by atoms with Gasteiger partial charge in [-0.15, -0.1) is 0 Å². The predicted molar refractivity (Wildman–Crippen MR) is 87.2 cm³/mol. The molecule has 0 aromatic rings. The fourth-order valence-corrected chi connectivity index (χ4v) is 8.86. The first kappa shape index (κ1) is 19.5. The van der Waals surface area contributed by atoms with E-state index in [0.29, 0.717) is 0 Å². The largest absolute Gasteiger partial charge is 0.429 e. The van der Waals surface area contributed by atoms with Crippen molar-refractivity contribution < 1.29 is 18.4 Å². The summed E-state index contributed by atoms with van der Waals surface area (Å²) < 4.78 is 12.2. The second-order valence-corrected chi connectivity index (χ2v) is 18.6. The molecule has 0 rings (SSSR count). The second-order valence-electron chi connectivity index (χ2n) is 7.06. The van der Waals surface area contributed by atoms with Gasteiger partial charge in [0.2, 0.25) is 16.6 Å². The molecule has 0 aromatic carbocycles. The maximum Gasteiger partial charge on any atom is 0.329 e. The molecule has 0 aliphatic carbocycles. The van der Waals surface area contributed by atoms with Crippen LogP contribution in [-0.2, 0) is 8.85 Å². The Morgan fingerprint density at radius 3 is 1.74 bits per heavy atom. The standard InChI is InChI=1S/C12H32O4Si3/c1-10-12(3,18(6,7)13)16-17(4,5)11(2)15-19(8,9)14/h11,13-14H,10H2,1-9H3. The predicted octanol–water partition coefficient (Wildman–Crippen LogP) is 2.75. The molecule has 0 aromatic heterocycles. The Hall–Kier alpha value is 0.491. The average molecular weight is 325 g/mol. The van der Waals surface area contributed by atoms with Crippen molar-refractivity contribution in [2.75, 3.05) is 0 Å². The Morgan fingerprint density at radius 1 is 1.05 bits per heavy atom. The summed E-state index contributed by atoms with van der Waals surface area (Å²) in [5, 5.41) is -0.471. The van der Waals surface area contributed by atoms with Crippen LogP contribution < -0.4 is 0 Å². The van der Waals surface area contributed by atoms with E-state index < -0.39 is 30.4 Å². The lowest BCUT2D eigenvalue weighted by molar-refractivity contribution is 0.104. The first-order valence-corrected chi connectivity index (χ1v) is 15.8. The molecule has 2 N–H and O–H groups in total. The number of hydrogen-bond donors (Lipinski definition) is 2. The summed E-state index contributed by atoms with van der Waals surface area (Å²) in [5.74, 6) is 0. The van der Waals surface area contributed by atoms with Crippen molar-refractivity contribution in [1.29, 1.82) is 0 Å². The van der Waals surface area contributed by atoms with Crippen molar-refractivity contribution in [1.82, 2.24) is 0 Å². The van der Waals surface area contributed by atoms with E-state index in [1.807, 2.05) is 33.9 Å². The van der Waals surface area contributed by atoms with Crippen LogP contribution in [0.15, 0.2) is 0 Å². The molecular weight excluding hydrogens is 292 g/mol. The van der Waals surface area contributed by atoms with E-state index >= 15 is 0 Å². The van der Waals surface area contributed by atoms with Gasteiger partial charge in [-0.05, 0) is 59.6 Å². The normalized spacial score (nSPS) is 19.1. The van der Waals surface area contributed by atoms with Gasteiger partial charge < -0.3 is 18.4 Å². The molecule has 0 saturated heterocycles. The minimum atomic E-state index is -2.56. The third-order valence-corrected chi connectivity index (χ3v) is 11.4. The Labute approximate surface area is 121 Å². The molecule has 0 radical (unpaired) electrons. The van der Waals surface area contributed by atoms with E-state index in [4.69, 9.17) is 8.85 Å². The van der Waals surface area contributed by atoms with Gasteiger partial charge in [-0.25, -0.2) is 0 Å². The molecule has 4 nitrogen and oxygen atoms in total. The highest BCUT2D eigenvalue weighted by Crippen LogP contribution is 2.32.